The largest absolute Gasteiger partial charge is 0.508 e. The van der Waals surface area contributed by atoms with Crippen molar-refractivity contribution in [3.8, 4) is 5.75 Å². The van der Waals surface area contributed by atoms with Gasteiger partial charge < -0.3 is 14.9 Å². The first-order chi connectivity index (χ1) is 8.66. The Labute approximate surface area is 104 Å². The van der Waals surface area contributed by atoms with Gasteiger partial charge in [0.1, 0.15) is 11.6 Å². The quantitative estimate of drug-likeness (QED) is 0.848. The molecule has 0 amide bonds. The average Bonchev–Trinajstić information content (AvgIpc) is 2.81. The zero-order chi connectivity index (χ0) is 13.0. The van der Waals surface area contributed by atoms with Gasteiger partial charge in [0.05, 0.1) is 0 Å². The van der Waals surface area contributed by atoms with E-state index in [0.717, 1.165) is 6.07 Å². The molecular formula is C12H14FN3O2. The van der Waals surface area contributed by atoms with Gasteiger partial charge in [-0.1, -0.05) is 11.2 Å². The lowest BCUT2D eigenvalue weighted by Crippen LogP contribution is -2.22. The number of aromatic nitrogens is 2. The number of phenols is 1. The molecule has 1 atom stereocenters. The van der Waals surface area contributed by atoms with Crippen LogP contribution in [-0.4, -0.2) is 21.8 Å². The molecule has 18 heavy (non-hydrogen) atoms. The summed E-state index contributed by atoms with van der Waals surface area (Å²) in [6.45, 7) is 2.45. The second-order valence-electron chi connectivity index (χ2n) is 3.97. The molecule has 96 valence electrons. The standard InChI is InChI=1S/C12H14FN3O2/c1-8(10-3-2-9(17)6-11(10)13)14-5-4-12-15-7-16-18-12/h2-3,6-8,14,17H,4-5H2,1H3. The maximum atomic E-state index is 13.6. The van der Waals surface area contributed by atoms with E-state index in [1.54, 1.807) is 6.07 Å². The Bertz CT molecular complexity index is 502. The first-order valence-corrected chi connectivity index (χ1v) is 5.64. The van der Waals surface area contributed by atoms with Crippen LogP contribution in [-0.2, 0) is 6.42 Å². The van der Waals surface area contributed by atoms with Crippen molar-refractivity contribution in [2.45, 2.75) is 19.4 Å². The topological polar surface area (TPSA) is 71.2 Å². The third-order valence-corrected chi connectivity index (χ3v) is 2.65. The van der Waals surface area contributed by atoms with Crippen LogP contribution in [0.4, 0.5) is 4.39 Å². The Kier molecular flexibility index (Phi) is 3.88. The number of halogens is 1. The summed E-state index contributed by atoms with van der Waals surface area (Å²) in [4.78, 5) is 3.89. The zero-order valence-electron chi connectivity index (χ0n) is 9.93. The maximum absolute atomic E-state index is 13.6. The molecule has 2 rings (SSSR count). The van der Waals surface area contributed by atoms with E-state index in [2.05, 4.69) is 15.5 Å². The summed E-state index contributed by atoms with van der Waals surface area (Å²) in [6.07, 6.45) is 1.93. The fraction of sp³-hybridized carbons (Fsp3) is 0.333. The lowest BCUT2D eigenvalue weighted by atomic mass is 10.1. The van der Waals surface area contributed by atoms with E-state index in [4.69, 9.17) is 9.63 Å². The van der Waals surface area contributed by atoms with E-state index in [1.165, 1.54) is 12.4 Å². The van der Waals surface area contributed by atoms with E-state index in [1.807, 2.05) is 6.92 Å². The smallest absolute Gasteiger partial charge is 0.227 e. The van der Waals surface area contributed by atoms with Crippen molar-refractivity contribution >= 4 is 0 Å². The maximum Gasteiger partial charge on any atom is 0.227 e. The Morgan fingerprint density at radius 3 is 3.00 bits per heavy atom. The van der Waals surface area contributed by atoms with Crippen molar-refractivity contribution < 1.29 is 14.0 Å². The third-order valence-electron chi connectivity index (χ3n) is 2.65. The van der Waals surface area contributed by atoms with Gasteiger partial charge in [-0.25, -0.2) is 4.39 Å². The third kappa shape index (κ3) is 3.04. The minimum absolute atomic E-state index is 0.0747. The van der Waals surface area contributed by atoms with E-state index in [-0.39, 0.29) is 11.8 Å². The van der Waals surface area contributed by atoms with Gasteiger partial charge in [-0.2, -0.15) is 4.98 Å². The Balaban J connectivity index is 1.89. The number of rotatable bonds is 5. The first-order valence-electron chi connectivity index (χ1n) is 5.64. The van der Waals surface area contributed by atoms with Gasteiger partial charge in [0.2, 0.25) is 5.89 Å². The van der Waals surface area contributed by atoms with Gasteiger partial charge in [0.25, 0.3) is 0 Å². The van der Waals surface area contributed by atoms with Crippen LogP contribution in [0, 0.1) is 5.82 Å². The highest BCUT2D eigenvalue weighted by Gasteiger charge is 2.11. The summed E-state index contributed by atoms with van der Waals surface area (Å²) >= 11 is 0. The van der Waals surface area contributed by atoms with Gasteiger partial charge in [0, 0.05) is 30.6 Å². The van der Waals surface area contributed by atoms with Crippen molar-refractivity contribution in [2.75, 3.05) is 6.54 Å². The molecule has 0 saturated carbocycles. The molecule has 0 aliphatic rings. The van der Waals surface area contributed by atoms with Crippen LogP contribution >= 0.6 is 0 Å². The van der Waals surface area contributed by atoms with Gasteiger partial charge in [0.15, 0.2) is 6.33 Å². The van der Waals surface area contributed by atoms with Crippen LogP contribution in [0.25, 0.3) is 0 Å². The molecule has 1 aromatic carbocycles. The van der Waals surface area contributed by atoms with Crippen LogP contribution < -0.4 is 5.32 Å². The molecule has 0 aliphatic heterocycles. The highest BCUT2D eigenvalue weighted by atomic mass is 19.1. The second kappa shape index (κ2) is 5.59. The number of hydrogen-bond donors (Lipinski definition) is 2. The molecule has 1 aromatic heterocycles. The average molecular weight is 251 g/mol. The molecule has 0 radical (unpaired) electrons. The Hall–Kier alpha value is -1.95. The molecular weight excluding hydrogens is 237 g/mol. The monoisotopic (exact) mass is 251 g/mol. The van der Waals surface area contributed by atoms with Crippen LogP contribution in [0.2, 0.25) is 0 Å². The number of aromatic hydroxyl groups is 1. The van der Waals surface area contributed by atoms with Crippen molar-refractivity contribution in [1.29, 1.82) is 0 Å². The number of phenolic OH excluding ortho intramolecular Hbond substituents is 1. The fourth-order valence-corrected chi connectivity index (χ4v) is 1.68. The predicted molar refractivity (Wildman–Crippen MR) is 62.5 cm³/mol. The predicted octanol–water partition coefficient (Wildman–Crippen LogP) is 1.81. The van der Waals surface area contributed by atoms with E-state index >= 15 is 0 Å². The van der Waals surface area contributed by atoms with E-state index < -0.39 is 5.82 Å². The fourth-order valence-electron chi connectivity index (χ4n) is 1.68. The summed E-state index contributed by atoms with van der Waals surface area (Å²) in [5.41, 5.74) is 0.512. The molecule has 2 N–H and O–H groups in total. The highest BCUT2D eigenvalue weighted by molar-refractivity contribution is 5.29. The van der Waals surface area contributed by atoms with Crippen molar-refractivity contribution in [1.82, 2.24) is 15.5 Å². The lowest BCUT2D eigenvalue weighted by molar-refractivity contribution is 0.372. The van der Waals surface area contributed by atoms with Gasteiger partial charge in [-0.3, -0.25) is 0 Å². The summed E-state index contributed by atoms with van der Waals surface area (Å²) in [5.74, 6) is 0.0444. The SMILES string of the molecule is CC(NCCc1ncno1)c1ccc(O)cc1F. The molecule has 0 fully saturated rings. The number of nitrogens with one attached hydrogen (secondary N) is 1. The van der Waals surface area contributed by atoms with Crippen molar-refractivity contribution in [3.63, 3.8) is 0 Å². The van der Waals surface area contributed by atoms with Crippen LogP contribution in [0.3, 0.4) is 0 Å². The lowest BCUT2D eigenvalue weighted by Gasteiger charge is -2.14. The second-order valence-corrected chi connectivity index (χ2v) is 3.97. The van der Waals surface area contributed by atoms with Crippen molar-refractivity contribution in [3.05, 3.63) is 41.8 Å². The number of hydrogen-bond acceptors (Lipinski definition) is 5. The normalized spacial score (nSPS) is 12.6. The molecule has 2 aromatic rings. The number of nitrogens with zero attached hydrogens (tertiary/aromatic N) is 2. The highest BCUT2D eigenvalue weighted by Crippen LogP contribution is 2.20. The minimum Gasteiger partial charge on any atom is -0.508 e. The van der Waals surface area contributed by atoms with Gasteiger partial charge >= 0.3 is 0 Å². The Morgan fingerprint density at radius 1 is 1.50 bits per heavy atom. The Morgan fingerprint density at radius 2 is 2.33 bits per heavy atom. The molecule has 0 saturated heterocycles. The molecule has 0 aliphatic carbocycles. The molecule has 0 bridgehead atoms. The first kappa shape index (κ1) is 12.5. The molecule has 6 heteroatoms. The summed E-state index contributed by atoms with van der Waals surface area (Å²) in [6, 6.07) is 3.98. The van der Waals surface area contributed by atoms with E-state index in [9.17, 15) is 4.39 Å². The zero-order valence-corrected chi connectivity index (χ0v) is 9.93. The van der Waals surface area contributed by atoms with Gasteiger partial charge in [-0.15, -0.1) is 0 Å². The summed E-state index contributed by atoms with van der Waals surface area (Å²) < 4.78 is 18.4. The van der Waals surface area contributed by atoms with Gasteiger partial charge in [-0.05, 0) is 13.0 Å². The minimum atomic E-state index is -0.423. The molecule has 0 spiro atoms. The molecule has 1 unspecified atom stereocenters. The molecule has 5 nitrogen and oxygen atoms in total. The summed E-state index contributed by atoms with van der Waals surface area (Å²) in [5, 5.41) is 15.8. The van der Waals surface area contributed by atoms with Crippen LogP contribution in [0.5, 0.6) is 5.75 Å². The van der Waals surface area contributed by atoms with Crippen LogP contribution in [0.15, 0.2) is 29.0 Å². The molecule has 1 heterocycles. The summed E-state index contributed by atoms with van der Waals surface area (Å²) in [7, 11) is 0. The van der Waals surface area contributed by atoms with E-state index in [0.29, 0.717) is 24.4 Å². The number of benzene rings is 1. The van der Waals surface area contributed by atoms with Crippen LogP contribution in [0.1, 0.15) is 24.4 Å². The van der Waals surface area contributed by atoms with Crippen molar-refractivity contribution in [2.24, 2.45) is 0 Å².